The van der Waals surface area contributed by atoms with E-state index < -0.39 is 0 Å². The topological polar surface area (TPSA) is 140 Å². The average molecular weight is 875 g/mol. The van der Waals surface area contributed by atoms with Gasteiger partial charge in [-0.2, -0.15) is 0 Å². The van der Waals surface area contributed by atoms with Crippen molar-refractivity contribution in [1.29, 1.82) is 0 Å². The van der Waals surface area contributed by atoms with E-state index in [1.807, 2.05) is 6.07 Å². The van der Waals surface area contributed by atoms with Gasteiger partial charge in [-0.25, -0.2) is 0 Å². The molecule has 3 rings (SSSR count). The van der Waals surface area contributed by atoms with Crippen molar-refractivity contribution < 1.29 is 66.7 Å². The van der Waals surface area contributed by atoms with Crippen LogP contribution in [0.4, 0.5) is 0 Å². The van der Waals surface area contributed by atoms with Gasteiger partial charge in [0.1, 0.15) is 12.4 Å². The van der Waals surface area contributed by atoms with E-state index in [-0.39, 0.29) is 18.4 Å². The van der Waals surface area contributed by atoms with Crippen LogP contribution in [0, 0.1) is 0 Å². The van der Waals surface area contributed by atoms with Crippen molar-refractivity contribution in [2.75, 3.05) is 172 Å². The predicted octanol–water partition coefficient (Wildman–Crippen LogP) is 5.56. The van der Waals surface area contributed by atoms with Crippen molar-refractivity contribution >= 4 is 0 Å². The van der Waals surface area contributed by atoms with Crippen LogP contribution in [0.5, 0.6) is 5.75 Å². The largest absolute Gasteiger partial charge is 0.491 e. The quantitative estimate of drug-likeness (QED) is 0.0710. The summed E-state index contributed by atoms with van der Waals surface area (Å²) in [6, 6.07) is 27.7. The first kappa shape index (κ1) is 53.3. The smallest absolute Gasteiger partial charge is 0.123 e. The van der Waals surface area contributed by atoms with Crippen LogP contribution in [-0.2, 0) is 56.8 Å². The number of ether oxygens (including phenoxy) is 13. The van der Waals surface area contributed by atoms with Gasteiger partial charge in [0, 0.05) is 17.4 Å². The van der Waals surface area contributed by atoms with Crippen LogP contribution in [0.25, 0.3) is 0 Å². The molecule has 2 atom stereocenters. The number of aliphatic hydroxyl groups is 1. The van der Waals surface area contributed by atoms with E-state index >= 15 is 0 Å². The molecule has 1 N–H and O–H groups in total. The molecule has 0 bridgehead atoms. The molecule has 14 nitrogen and oxygen atoms in total. The average Bonchev–Trinajstić information content (AvgIpc) is 3.31. The van der Waals surface area contributed by atoms with Crippen LogP contribution in [-0.4, -0.2) is 177 Å². The highest BCUT2D eigenvalue weighted by Crippen LogP contribution is 2.35. The summed E-state index contributed by atoms with van der Waals surface area (Å²) in [5, 5.41) is 8.61. The molecule has 0 aliphatic heterocycles. The highest BCUT2D eigenvalue weighted by Gasteiger charge is 2.18. The van der Waals surface area contributed by atoms with E-state index in [0.717, 1.165) is 5.75 Å². The Morgan fingerprint density at radius 1 is 0.323 bits per heavy atom. The lowest BCUT2D eigenvalue weighted by Crippen LogP contribution is -2.15. The first-order valence-electron chi connectivity index (χ1n) is 22.1. The Labute approximate surface area is 370 Å². The van der Waals surface area contributed by atoms with Crippen molar-refractivity contribution in [2.24, 2.45) is 0 Å². The Morgan fingerprint density at radius 3 is 0.935 bits per heavy atom. The minimum absolute atomic E-state index is 0.0219. The van der Waals surface area contributed by atoms with E-state index in [1.165, 1.54) is 22.3 Å². The Bertz CT molecular complexity index is 1420. The summed E-state index contributed by atoms with van der Waals surface area (Å²) in [5.74, 6) is 1.35. The first-order chi connectivity index (χ1) is 30.7. The van der Waals surface area contributed by atoms with E-state index in [9.17, 15) is 0 Å². The Hall–Kier alpha value is -3.06. The lowest BCUT2D eigenvalue weighted by Gasteiger charge is -2.21. The Morgan fingerprint density at radius 2 is 0.613 bits per heavy atom. The van der Waals surface area contributed by atoms with Crippen molar-refractivity contribution in [2.45, 2.75) is 25.7 Å². The summed E-state index contributed by atoms with van der Waals surface area (Å²) < 4.78 is 72.2. The van der Waals surface area contributed by atoms with Gasteiger partial charge in [-0.05, 0) is 22.8 Å². The maximum Gasteiger partial charge on any atom is 0.123 e. The van der Waals surface area contributed by atoms with Crippen molar-refractivity contribution in [3.05, 3.63) is 101 Å². The Kier molecular flexibility index (Phi) is 33.0. The minimum Gasteiger partial charge on any atom is -0.491 e. The zero-order valence-electron chi connectivity index (χ0n) is 37.3. The molecule has 0 saturated carbocycles. The Balaban J connectivity index is 1.03. The summed E-state index contributed by atoms with van der Waals surface area (Å²) in [5.41, 5.74) is 4.99. The van der Waals surface area contributed by atoms with E-state index in [1.54, 1.807) is 0 Å². The van der Waals surface area contributed by atoms with Gasteiger partial charge in [0.25, 0.3) is 0 Å². The molecule has 14 heteroatoms. The van der Waals surface area contributed by atoms with Gasteiger partial charge in [0.2, 0.25) is 0 Å². The molecule has 0 spiro atoms. The lowest BCUT2D eigenvalue weighted by atomic mass is 9.87. The normalized spacial score (nSPS) is 12.5. The van der Waals surface area contributed by atoms with Crippen LogP contribution < -0.4 is 4.74 Å². The third-order valence-electron chi connectivity index (χ3n) is 9.41. The minimum atomic E-state index is 0.0219. The summed E-state index contributed by atoms with van der Waals surface area (Å²) in [4.78, 5) is 0. The molecular formula is C48H74O14. The summed E-state index contributed by atoms with van der Waals surface area (Å²) in [6.07, 6.45) is 0. The fraction of sp³-hybridized carbons (Fsp3) is 0.625. The number of hydrogen-bond donors (Lipinski definition) is 1. The number of rotatable bonds is 43. The monoisotopic (exact) mass is 875 g/mol. The van der Waals surface area contributed by atoms with Crippen LogP contribution in [0.15, 0.2) is 78.9 Å². The molecule has 0 fully saturated rings. The molecule has 350 valence electrons. The fourth-order valence-electron chi connectivity index (χ4n) is 5.96. The maximum atomic E-state index is 8.61. The van der Waals surface area contributed by atoms with Crippen LogP contribution in [0.3, 0.4) is 0 Å². The SMILES string of the molecule is CC(c1ccccc1)c1ccc(OCCOCCOCCOCCOCCOCCOCCOCCOCCOCCOCCOCCOCCO)c(C(C)c2ccccc2)c1. The maximum absolute atomic E-state index is 8.61. The first-order valence-corrected chi connectivity index (χ1v) is 22.1. The highest BCUT2D eigenvalue weighted by molar-refractivity contribution is 5.46. The molecule has 0 saturated heterocycles. The lowest BCUT2D eigenvalue weighted by molar-refractivity contribution is -0.0287. The van der Waals surface area contributed by atoms with E-state index in [4.69, 9.17) is 66.7 Å². The van der Waals surface area contributed by atoms with Crippen molar-refractivity contribution in [3.63, 3.8) is 0 Å². The molecule has 0 aliphatic carbocycles. The zero-order chi connectivity index (χ0) is 43.8. The van der Waals surface area contributed by atoms with Gasteiger partial charge in [0.15, 0.2) is 0 Å². The fourth-order valence-corrected chi connectivity index (χ4v) is 5.96. The van der Waals surface area contributed by atoms with Gasteiger partial charge in [-0.1, -0.05) is 86.6 Å². The third-order valence-corrected chi connectivity index (χ3v) is 9.41. The summed E-state index contributed by atoms with van der Waals surface area (Å²) >= 11 is 0. The molecule has 0 radical (unpaired) electrons. The van der Waals surface area contributed by atoms with Crippen molar-refractivity contribution in [1.82, 2.24) is 0 Å². The standard InChI is InChI=1S/C48H74O14/c1-42(44-9-5-3-6-10-44)46-13-14-48(47(41-46)43(2)45-11-7-4-8-12-45)62-40-39-61-38-37-60-36-35-59-34-33-58-32-31-57-30-29-56-28-27-55-26-25-54-24-23-53-22-21-52-20-19-51-18-17-50-16-15-49/h3-14,41-43,49H,15-40H2,1-2H3. The van der Waals surface area contributed by atoms with Gasteiger partial charge < -0.3 is 66.7 Å². The number of benzene rings is 3. The molecule has 0 amide bonds. The molecular weight excluding hydrogens is 801 g/mol. The second-order valence-corrected chi connectivity index (χ2v) is 14.0. The van der Waals surface area contributed by atoms with Gasteiger partial charge in [0.05, 0.1) is 165 Å². The molecule has 0 heterocycles. The molecule has 62 heavy (non-hydrogen) atoms. The van der Waals surface area contributed by atoms with Crippen molar-refractivity contribution in [3.8, 4) is 5.75 Å². The predicted molar refractivity (Wildman–Crippen MR) is 237 cm³/mol. The van der Waals surface area contributed by atoms with Gasteiger partial charge in [-0.3, -0.25) is 0 Å². The summed E-state index contributed by atoms with van der Waals surface area (Å²) in [6.45, 7) is 16.6. The molecule has 3 aromatic carbocycles. The van der Waals surface area contributed by atoms with Crippen LogP contribution >= 0.6 is 0 Å². The molecule has 0 aliphatic rings. The summed E-state index contributed by atoms with van der Waals surface area (Å²) in [7, 11) is 0. The van der Waals surface area contributed by atoms with E-state index in [0.29, 0.717) is 165 Å². The second-order valence-electron chi connectivity index (χ2n) is 14.0. The molecule has 0 aromatic heterocycles. The number of aliphatic hydroxyl groups excluding tert-OH is 1. The molecule has 3 aromatic rings. The molecule has 2 unspecified atom stereocenters. The van der Waals surface area contributed by atoms with E-state index in [2.05, 4.69) is 86.6 Å². The second kappa shape index (κ2) is 38.4. The van der Waals surface area contributed by atoms with Crippen LogP contribution in [0.1, 0.15) is 47.9 Å². The van der Waals surface area contributed by atoms with Gasteiger partial charge in [-0.15, -0.1) is 0 Å². The van der Waals surface area contributed by atoms with Gasteiger partial charge >= 0.3 is 0 Å². The third kappa shape index (κ3) is 26.5. The zero-order valence-corrected chi connectivity index (χ0v) is 37.3. The number of hydrogen-bond acceptors (Lipinski definition) is 14. The van der Waals surface area contributed by atoms with Crippen LogP contribution in [0.2, 0.25) is 0 Å². The highest BCUT2D eigenvalue weighted by atomic mass is 16.6.